The van der Waals surface area contributed by atoms with E-state index < -0.39 is 0 Å². The summed E-state index contributed by atoms with van der Waals surface area (Å²) in [7, 11) is 0. The fourth-order valence-electron chi connectivity index (χ4n) is 0.0589. The SMILES string of the molecule is N/N=N/N=N/[N-]O.[K+]. The molecular weight excluding hydrogens is 139 g/mol. The molecular formula is H3KN6O. The molecule has 0 saturated heterocycles. The van der Waals surface area contributed by atoms with Gasteiger partial charge in [-0.05, 0) is 0 Å². The first-order chi connectivity index (χ1) is 3.41. The average Bonchev–Trinajstić information content (AvgIpc) is 1.69. The summed E-state index contributed by atoms with van der Waals surface area (Å²) in [6.45, 7) is 0. The van der Waals surface area contributed by atoms with Crippen LogP contribution < -0.4 is 57.2 Å². The molecule has 0 fully saturated rings. The number of hydrogen-bond donors (Lipinski definition) is 2. The Labute approximate surface area is 87.7 Å². The minimum absolute atomic E-state index is 0. The standard InChI is InChI=1S/K.H3N6O/c;1-2-3-4-5-6-7/h;(H3-,1,2,3,4,5,6,7)/q+1;-1. The van der Waals surface area contributed by atoms with Gasteiger partial charge in [0.25, 0.3) is 0 Å². The molecule has 40 valence electrons. The van der Waals surface area contributed by atoms with E-state index in [1.54, 1.807) is 0 Å². The van der Waals surface area contributed by atoms with Crippen LogP contribution in [-0.2, 0) is 0 Å². The van der Waals surface area contributed by atoms with E-state index in [1.165, 1.54) is 0 Å². The van der Waals surface area contributed by atoms with Crippen LogP contribution in [0.3, 0.4) is 0 Å². The van der Waals surface area contributed by atoms with Crippen molar-refractivity contribution in [2.24, 2.45) is 26.7 Å². The zero-order valence-electron chi connectivity index (χ0n) is 4.26. The third kappa shape index (κ3) is 9.64. The minimum atomic E-state index is 0. The summed E-state index contributed by atoms with van der Waals surface area (Å²) in [5, 5.41) is 18.3. The molecule has 0 rings (SSSR count). The first-order valence-electron chi connectivity index (χ1n) is 1.26. The third-order valence-corrected chi connectivity index (χ3v) is 0.172. The van der Waals surface area contributed by atoms with Crippen LogP contribution in [0, 0.1) is 0 Å². The van der Waals surface area contributed by atoms with Gasteiger partial charge in [-0.1, -0.05) is 5.22 Å². The molecule has 7 nitrogen and oxygen atoms in total. The zero-order chi connectivity index (χ0) is 5.54. The molecule has 3 N–H and O–H groups in total. The second-order valence-electron chi connectivity index (χ2n) is 0.473. The van der Waals surface area contributed by atoms with Crippen LogP contribution >= 0.6 is 0 Å². The van der Waals surface area contributed by atoms with Crippen molar-refractivity contribution in [3.63, 3.8) is 0 Å². The normalized spacial score (nSPS) is 9.62. The molecule has 0 aromatic rings. The van der Waals surface area contributed by atoms with Crippen molar-refractivity contribution in [2.75, 3.05) is 0 Å². The molecule has 0 aliphatic heterocycles. The minimum Gasteiger partial charge on any atom is -0.354 e. The van der Waals surface area contributed by atoms with E-state index in [0.29, 0.717) is 0 Å². The Kier molecular flexibility index (Phi) is 14.6. The van der Waals surface area contributed by atoms with Crippen LogP contribution in [0.2, 0.25) is 0 Å². The van der Waals surface area contributed by atoms with Gasteiger partial charge in [-0.2, -0.15) is 0 Å². The molecule has 0 bridgehead atoms. The van der Waals surface area contributed by atoms with E-state index in [2.05, 4.69) is 32.3 Å². The largest absolute Gasteiger partial charge is 1.00 e. The zero-order valence-corrected chi connectivity index (χ0v) is 7.38. The molecule has 8 heavy (non-hydrogen) atoms. The smallest absolute Gasteiger partial charge is 0.354 e. The molecule has 0 spiro atoms. The Balaban J connectivity index is 0. The average molecular weight is 142 g/mol. The summed E-state index contributed by atoms with van der Waals surface area (Å²) >= 11 is 0. The Hall–Kier alpha value is 0.396. The maximum absolute atomic E-state index is 7.51. The fourth-order valence-corrected chi connectivity index (χ4v) is 0.0589. The van der Waals surface area contributed by atoms with Gasteiger partial charge >= 0.3 is 51.4 Å². The Morgan fingerprint density at radius 3 is 2.38 bits per heavy atom. The number of nitrogens with two attached hydrogens (primary N) is 1. The van der Waals surface area contributed by atoms with Gasteiger partial charge in [0, 0.05) is 0 Å². The molecule has 0 aromatic heterocycles. The topological polar surface area (TPSA) is 110 Å². The van der Waals surface area contributed by atoms with Crippen LogP contribution in [0.15, 0.2) is 20.9 Å². The molecule has 0 saturated carbocycles. The van der Waals surface area contributed by atoms with Crippen molar-refractivity contribution in [3.05, 3.63) is 5.59 Å². The van der Waals surface area contributed by atoms with Crippen molar-refractivity contribution in [1.29, 1.82) is 0 Å². The number of nitrogens with zero attached hydrogens (tertiary/aromatic N) is 5. The van der Waals surface area contributed by atoms with Gasteiger partial charge in [0.15, 0.2) is 0 Å². The van der Waals surface area contributed by atoms with E-state index in [-0.39, 0.29) is 51.4 Å². The summed E-state index contributed by atoms with van der Waals surface area (Å²) in [5.41, 5.74) is 2.22. The summed E-state index contributed by atoms with van der Waals surface area (Å²) < 4.78 is 0. The molecule has 0 heterocycles. The predicted molar refractivity (Wildman–Crippen MR) is 19.0 cm³/mol. The van der Waals surface area contributed by atoms with E-state index in [0.717, 1.165) is 0 Å². The van der Waals surface area contributed by atoms with Crippen molar-refractivity contribution >= 4 is 0 Å². The molecule has 0 atom stereocenters. The van der Waals surface area contributed by atoms with Crippen LogP contribution in [-0.4, -0.2) is 5.21 Å². The van der Waals surface area contributed by atoms with E-state index in [4.69, 9.17) is 5.21 Å². The molecule has 0 aliphatic carbocycles. The molecule has 0 aliphatic rings. The number of rotatable bonds is 2. The van der Waals surface area contributed by atoms with Crippen LogP contribution in [0.5, 0.6) is 0 Å². The maximum atomic E-state index is 7.51. The van der Waals surface area contributed by atoms with E-state index in [1.807, 2.05) is 0 Å². The molecule has 0 unspecified atom stereocenters. The first-order valence-corrected chi connectivity index (χ1v) is 1.26. The van der Waals surface area contributed by atoms with Gasteiger partial charge in [0.1, 0.15) is 0 Å². The quantitative estimate of drug-likeness (QED) is 0.190. The van der Waals surface area contributed by atoms with Gasteiger partial charge in [0.2, 0.25) is 0 Å². The molecule has 8 heteroatoms. The van der Waals surface area contributed by atoms with Gasteiger partial charge in [-0.3, -0.25) is 5.59 Å². The second kappa shape index (κ2) is 10.4. The summed E-state index contributed by atoms with van der Waals surface area (Å²) in [6, 6.07) is 0. The molecule has 0 amide bonds. The van der Waals surface area contributed by atoms with Gasteiger partial charge < -0.3 is 11.0 Å². The maximum Gasteiger partial charge on any atom is 1.00 e. The van der Waals surface area contributed by atoms with Crippen LogP contribution in [0.4, 0.5) is 0 Å². The monoisotopic (exact) mass is 142 g/mol. The van der Waals surface area contributed by atoms with E-state index >= 15 is 0 Å². The summed E-state index contributed by atoms with van der Waals surface area (Å²) in [5.74, 6) is 4.45. The van der Waals surface area contributed by atoms with Crippen LogP contribution in [0.25, 0.3) is 5.59 Å². The van der Waals surface area contributed by atoms with Crippen molar-refractivity contribution in [2.45, 2.75) is 0 Å². The summed E-state index contributed by atoms with van der Waals surface area (Å²) in [4.78, 5) is 0. The van der Waals surface area contributed by atoms with Crippen molar-refractivity contribution < 1.29 is 56.6 Å². The second-order valence-corrected chi connectivity index (χ2v) is 0.473. The van der Waals surface area contributed by atoms with Gasteiger partial charge in [0.05, 0.1) is 0 Å². The predicted octanol–water partition coefficient (Wildman–Crippen LogP) is -2.64. The Morgan fingerprint density at radius 1 is 1.38 bits per heavy atom. The molecule has 0 aromatic carbocycles. The fraction of sp³-hybridized carbons (Fsp3) is 0. The van der Waals surface area contributed by atoms with Crippen molar-refractivity contribution in [1.82, 2.24) is 0 Å². The Bertz CT molecular complexity index is 76.6. The Morgan fingerprint density at radius 2 is 2.00 bits per heavy atom. The number of hydrogen-bond acceptors (Lipinski definition) is 3. The van der Waals surface area contributed by atoms with Crippen LogP contribution in [0.1, 0.15) is 0 Å². The van der Waals surface area contributed by atoms with Gasteiger partial charge in [-0.15, -0.1) is 5.22 Å². The first kappa shape index (κ1) is 11.2. The van der Waals surface area contributed by atoms with Gasteiger partial charge in [-0.25, -0.2) is 10.4 Å². The third-order valence-electron chi connectivity index (χ3n) is 0.172. The van der Waals surface area contributed by atoms with E-state index in [9.17, 15) is 0 Å². The molecule has 0 radical (unpaired) electrons. The summed E-state index contributed by atoms with van der Waals surface area (Å²) in [6.07, 6.45) is 0. The van der Waals surface area contributed by atoms with Crippen molar-refractivity contribution in [3.8, 4) is 0 Å².